The van der Waals surface area contributed by atoms with Crippen molar-refractivity contribution in [3.63, 3.8) is 0 Å². The number of benzene rings is 1. The molecule has 4 nitrogen and oxygen atoms in total. The number of aliphatic hydroxyl groups is 1. The third-order valence-electron chi connectivity index (χ3n) is 3.60. The number of hydrogen-bond acceptors (Lipinski definition) is 5. The molecule has 0 spiro atoms. The number of thioether (sulfide) groups is 1. The van der Waals surface area contributed by atoms with Gasteiger partial charge in [0, 0.05) is 30.3 Å². The number of nitrogens with zero attached hydrogens (tertiary/aromatic N) is 1. The van der Waals surface area contributed by atoms with Crippen molar-refractivity contribution >= 4 is 21.6 Å². The second-order valence-corrected chi connectivity index (χ2v) is 8.52. The van der Waals surface area contributed by atoms with E-state index < -0.39 is 9.84 Å². The highest BCUT2D eigenvalue weighted by atomic mass is 32.2. The van der Waals surface area contributed by atoms with E-state index in [0.29, 0.717) is 12.3 Å². The Morgan fingerprint density at radius 3 is 2.55 bits per heavy atom. The summed E-state index contributed by atoms with van der Waals surface area (Å²) in [5.41, 5.74) is 1.96. The Morgan fingerprint density at radius 2 is 1.95 bits per heavy atom. The first-order valence-corrected chi connectivity index (χ1v) is 9.66. The summed E-state index contributed by atoms with van der Waals surface area (Å²) in [6.07, 6.45) is 0. The van der Waals surface area contributed by atoms with Gasteiger partial charge in [0.2, 0.25) is 0 Å². The molecule has 1 aliphatic heterocycles. The average Bonchev–Trinajstić information content (AvgIpc) is 2.48. The van der Waals surface area contributed by atoms with E-state index in [1.165, 1.54) is 0 Å². The van der Waals surface area contributed by atoms with Crippen molar-refractivity contribution < 1.29 is 13.5 Å². The number of sulfone groups is 1. The van der Waals surface area contributed by atoms with Crippen molar-refractivity contribution in [3.8, 4) is 0 Å². The van der Waals surface area contributed by atoms with Gasteiger partial charge in [0.25, 0.3) is 0 Å². The molecule has 1 N–H and O–H groups in total. The van der Waals surface area contributed by atoms with Gasteiger partial charge in [-0.3, -0.25) is 4.90 Å². The minimum Gasteiger partial charge on any atom is -0.392 e. The van der Waals surface area contributed by atoms with Crippen LogP contribution < -0.4 is 0 Å². The molecule has 0 aliphatic carbocycles. The van der Waals surface area contributed by atoms with Crippen molar-refractivity contribution in [1.29, 1.82) is 0 Å². The van der Waals surface area contributed by atoms with E-state index >= 15 is 0 Å². The van der Waals surface area contributed by atoms with E-state index in [2.05, 4.69) is 4.90 Å². The van der Waals surface area contributed by atoms with E-state index in [-0.39, 0.29) is 17.7 Å². The van der Waals surface area contributed by atoms with Gasteiger partial charge in [-0.25, -0.2) is 8.42 Å². The number of aliphatic hydroxyl groups excluding tert-OH is 1. The summed E-state index contributed by atoms with van der Waals surface area (Å²) in [7, 11) is -3.04. The first-order valence-electron chi connectivity index (χ1n) is 6.79. The van der Waals surface area contributed by atoms with Crippen molar-refractivity contribution in [2.75, 3.05) is 23.8 Å². The predicted octanol–water partition coefficient (Wildman–Crippen LogP) is 1.49. The molecule has 0 radical (unpaired) electrons. The van der Waals surface area contributed by atoms with Crippen LogP contribution in [-0.4, -0.2) is 47.6 Å². The van der Waals surface area contributed by atoms with E-state index in [1.807, 2.05) is 24.3 Å². The van der Waals surface area contributed by atoms with E-state index in [4.69, 9.17) is 5.11 Å². The lowest BCUT2D eigenvalue weighted by atomic mass is 10.1. The summed E-state index contributed by atoms with van der Waals surface area (Å²) in [5.74, 6) is 1.83. The zero-order valence-electron chi connectivity index (χ0n) is 11.7. The number of hydrogen-bond donors (Lipinski definition) is 1. The lowest BCUT2D eigenvalue weighted by molar-refractivity contribution is 0.261. The molecular formula is C14H21NO3S2. The van der Waals surface area contributed by atoms with Crippen LogP contribution in [0.15, 0.2) is 24.3 Å². The first kappa shape index (κ1) is 15.8. The fourth-order valence-corrected chi connectivity index (χ4v) is 5.38. The molecule has 1 aromatic carbocycles. The van der Waals surface area contributed by atoms with Crippen LogP contribution in [0, 0.1) is 0 Å². The Morgan fingerprint density at radius 1 is 1.30 bits per heavy atom. The van der Waals surface area contributed by atoms with Crippen LogP contribution in [0.3, 0.4) is 0 Å². The zero-order valence-corrected chi connectivity index (χ0v) is 13.3. The van der Waals surface area contributed by atoms with Crippen LogP contribution in [0.2, 0.25) is 0 Å². The van der Waals surface area contributed by atoms with Crippen LogP contribution in [0.5, 0.6) is 0 Å². The largest absolute Gasteiger partial charge is 0.392 e. The molecule has 1 aliphatic rings. The average molecular weight is 315 g/mol. The molecule has 1 atom stereocenters. The van der Waals surface area contributed by atoms with Crippen LogP contribution in [0.1, 0.15) is 18.1 Å². The van der Waals surface area contributed by atoms with Crippen molar-refractivity contribution in [1.82, 2.24) is 4.90 Å². The van der Waals surface area contributed by atoms with E-state index in [0.717, 1.165) is 23.4 Å². The maximum absolute atomic E-state index is 12.2. The lowest BCUT2D eigenvalue weighted by Gasteiger charge is -2.34. The van der Waals surface area contributed by atoms with Crippen LogP contribution in [0.4, 0.5) is 0 Å². The molecule has 1 saturated heterocycles. The van der Waals surface area contributed by atoms with Gasteiger partial charge in [-0.2, -0.15) is 11.8 Å². The summed E-state index contributed by atoms with van der Waals surface area (Å²) < 4.78 is 24.3. The Bertz CT molecular complexity index is 528. The molecular weight excluding hydrogens is 294 g/mol. The Hall–Kier alpha value is -0.560. The standard InChI is InChI=1S/C14H21NO3S2/c1-2-20(17,18)14-11-19-8-7-15(14)9-12-3-5-13(10-16)6-4-12/h3-6,14,16H,2,7-11H2,1H3. The summed E-state index contributed by atoms with van der Waals surface area (Å²) in [4.78, 5) is 2.06. The topological polar surface area (TPSA) is 57.6 Å². The highest BCUT2D eigenvalue weighted by Crippen LogP contribution is 2.23. The summed E-state index contributed by atoms with van der Waals surface area (Å²) in [6, 6.07) is 7.70. The van der Waals surface area contributed by atoms with Crippen LogP contribution >= 0.6 is 11.8 Å². The fraction of sp³-hybridized carbons (Fsp3) is 0.571. The van der Waals surface area contributed by atoms with Crippen molar-refractivity contribution in [3.05, 3.63) is 35.4 Å². The highest BCUT2D eigenvalue weighted by Gasteiger charge is 2.32. The molecule has 1 fully saturated rings. The second-order valence-electron chi connectivity index (χ2n) is 4.93. The smallest absolute Gasteiger partial charge is 0.166 e. The first-order chi connectivity index (χ1) is 9.56. The van der Waals surface area contributed by atoms with Gasteiger partial charge in [-0.05, 0) is 11.1 Å². The lowest BCUT2D eigenvalue weighted by Crippen LogP contribution is -2.47. The molecule has 0 amide bonds. The van der Waals surface area contributed by atoms with Crippen molar-refractivity contribution in [2.45, 2.75) is 25.4 Å². The van der Waals surface area contributed by atoms with Crippen molar-refractivity contribution in [2.24, 2.45) is 0 Å². The second kappa shape index (κ2) is 6.93. The minimum atomic E-state index is -3.04. The third-order valence-corrected chi connectivity index (χ3v) is 6.93. The summed E-state index contributed by atoms with van der Waals surface area (Å²) in [5, 5.41) is 8.67. The Balaban J connectivity index is 2.12. The normalized spacial score (nSPS) is 21.0. The molecule has 1 heterocycles. The van der Waals surface area contributed by atoms with Gasteiger partial charge in [-0.1, -0.05) is 31.2 Å². The third kappa shape index (κ3) is 3.75. The molecule has 6 heteroatoms. The molecule has 0 bridgehead atoms. The molecule has 0 aromatic heterocycles. The molecule has 0 saturated carbocycles. The quantitative estimate of drug-likeness (QED) is 0.892. The maximum Gasteiger partial charge on any atom is 0.166 e. The van der Waals surface area contributed by atoms with Gasteiger partial charge in [0.1, 0.15) is 5.37 Å². The fourth-order valence-electron chi connectivity index (χ4n) is 2.30. The maximum atomic E-state index is 12.2. The molecule has 1 unspecified atom stereocenters. The molecule has 20 heavy (non-hydrogen) atoms. The highest BCUT2D eigenvalue weighted by molar-refractivity contribution is 8.01. The number of rotatable bonds is 5. The zero-order chi connectivity index (χ0) is 14.6. The molecule has 2 rings (SSSR count). The van der Waals surface area contributed by atoms with E-state index in [1.54, 1.807) is 18.7 Å². The van der Waals surface area contributed by atoms with Gasteiger partial charge in [0.15, 0.2) is 9.84 Å². The van der Waals surface area contributed by atoms with Gasteiger partial charge in [-0.15, -0.1) is 0 Å². The van der Waals surface area contributed by atoms with Crippen LogP contribution in [-0.2, 0) is 23.0 Å². The van der Waals surface area contributed by atoms with E-state index in [9.17, 15) is 8.42 Å². The summed E-state index contributed by atoms with van der Waals surface area (Å²) >= 11 is 1.71. The van der Waals surface area contributed by atoms with Gasteiger partial charge < -0.3 is 5.11 Å². The van der Waals surface area contributed by atoms with Crippen LogP contribution in [0.25, 0.3) is 0 Å². The predicted molar refractivity (Wildman–Crippen MR) is 83.3 cm³/mol. The SMILES string of the molecule is CCS(=O)(=O)C1CSCCN1Cc1ccc(CO)cc1. The van der Waals surface area contributed by atoms with Gasteiger partial charge >= 0.3 is 0 Å². The minimum absolute atomic E-state index is 0.0352. The summed E-state index contributed by atoms with van der Waals surface area (Å²) in [6.45, 7) is 3.20. The Kier molecular flexibility index (Phi) is 5.49. The molecule has 1 aromatic rings. The molecule has 112 valence electrons. The monoisotopic (exact) mass is 315 g/mol. The Labute approximate surface area is 125 Å². The van der Waals surface area contributed by atoms with Gasteiger partial charge in [0.05, 0.1) is 6.61 Å².